The van der Waals surface area contributed by atoms with E-state index in [1.165, 1.54) is 11.1 Å². The summed E-state index contributed by atoms with van der Waals surface area (Å²) in [6.07, 6.45) is 5.01. The number of aromatic nitrogens is 2. The second-order valence-corrected chi connectivity index (χ2v) is 5.42. The van der Waals surface area contributed by atoms with E-state index in [0.29, 0.717) is 0 Å². The van der Waals surface area contributed by atoms with Gasteiger partial charge in [-0.2, -0.15) is 0 Å². The smallest absolute Gasteiger partial charge is 0.137 e. The summed E-state index contributed by atoms with van der Waals surface area (Å²) in [4.78, 5) is 4.65. The summed E-state index contributed by atoms with van der Waals surface area (Å²) in [5, 5.41) is 0. The van der Waals surface area contributed by atoms with E-state index in [-0.39, 0.29) is 0 Å². The van der Waals surface area contributed by atoms with Crippen molar-refractivity contribution in [2.24, 2.45) is 0 Å². The fourth-order valence-corrected chi connectivity index (χ4v) is 2.52. The van der Waals surface area contributed by atoms with E-state index in [0.717, 1.165) is 22.2 Å². The van der Waals surface area contributed by atoms with Gasteiger partial charge in [0.05, 0.1) is 5.69 Å². The van der Waals surface area contributed by atoms with Crippen molar-refractivity contribution >= 4 is 21.6 Å². The van der Waals surface area contributed by atoms with Crippen LogP contribution in [0, 0.1) is 6.92 Å². The highest BCUT2D eigenvalue weighted by molar-refractivity contribution is 9.10. The van der Waals surface area contributed by atoms with Crippen molar-refractivity contribution in [1.82, 2.24) is 9.38 Å². The minimum atomic E-state index is 0.861. The second-order valence-electron chi connectivity index (χ2n) is 4.51. The third-order valence-corrected chi connectivity index (χ3v) is 3.43. The molecule has 0 unspecified atom stereocenters. The predicted molar refractivity (Wildman–Crippen MR) is 76.9 cm³/mol. The molecule has 0 atom stereocenters. The lowest BCUT2D eigenvalue weighted by atomic mass is 10.1. The van der Waals surface area contributed by atoms with Crippen LogP contribution in [0.4, 0.5) is 0 Å². The summed E-state index contributed by atoms with van der Waals surface area (Å²) < 4.78 is 3.18. The molecule has 0 aliphatic carbocycles. The normalized spacial score (nSPS) is 11.0. The Morgan fingerprint density at radius 3 is 2.94 bits per heavy atom. The topological polar surface area (TPSA) is 17.3 Å². The molecule has 3 aromatic rings. The Morgan fingerprint density at radius 2 is 2.11 bits per heavy atom. The van der Waals surface area contributed by atoms with Crippen LogP contribution in [0.1, 0.15) is 16.8 Å². The number of fused-ring (bicyclic) bond motifs is 1. The van der Waals surface area contributed by atoms with Crippen molar-refractivity contribution in [2.75, 3.05) is 0 Å². The number of halogens is 1. The Labute approximate surface area is 114 Å². The number of hydrogen-bond donors (Lipinski definition) is 0. The number of rotatable bonds is 2. The van der Waals surface area contributed by atoms with Gasteiger partial charge in [-0.05, 0) is 42.3 Å². The lowest BCUT2D eigenvalue weighted by Gasteiger charge is -1.98. The first-order chi connectivity index (χ1) is 8.70. The van der Waals surface area contributed by atoms with Gasteiger partial charge in [-0.3, -0.25) is 0 Å². The van der Waals surface area contributed by atoms with Crippen LogP contribution in [0.25, 0.3) is 5.65 Å². The molecular weight excluding hydrogens is 288 g/mol. The van der Waals surface area contributed by atoms with Gasteiger partial charge in [0.2, 0.25) is 0 Å². The minimum Gasteiger partial charge on any atom is -0.307 e. The third kappa shape index (κ3) is 2.31. The zero-order chi connectivity index (χ0) is 12.5. The van der Waals surface area contributed by atoms with Crippen LogP contribution < -0.4 is 0 Å². The quantitative estimate of drug-likeness (QED) is 0.699. The Morgan fingerprint density at radius 1 is 1.22 bits per heavy atom. The lowest BCUT2D eigenvalue weighted by Crippen LogP contribution is -1.87. The highest BCUT2D eigenvalue weighted by Crippen LogP contribution is 2.16. The first-order valence-electron chi connectivity index (χ1n) is 5.89. The van der Waals surface area contributed by atoms with E-state index in [2.05, 4.69) is 75.0 Å². The highest BCUT2D eigenvalue weighted by atomic mass is 79.9. The van der Waals surface area contributed by atoms with Gasteiger partial charge in [0.15, 0.2) is 0 Å². The Bertz CT molecular complexity index is 701. The molecule has 0 radical (unpaired) electrons. The minimum absolute atomic E-state index is 0.861. The van der Waals surface area contributed by atoms with Crippen molar-refractivity contribution in [3.8, 4) is 0 Å². The van der Waals surface area contributed by atoms with Gasteiger partial charge in [0.1, 0.15) is 5.65 Å². The monoisotopic (exact) mass is 300 g/mol. The van der Waals surface area contributed by atoms with Gasteiger partial charge < -0.3 is 4.40 Å². The van der Waals surface area contributed by atoms with Crippen molar-refractivity contribution in [1.29, 1.82) is 0 Å². The van der Waals surface area contributed by atoms with Crippen LogP contribution in [0.2, 0.25) is 0 Å². The maximum absolute atomic E-state index is 4.65. The molecule has 2 nitrogen and oxygen atoms in total. The summed E-state index contributed by atoms with van der Waals surface area (Å²) in [6.45, 7) is 2.09. The van der Waals surface area contributed by atoms with Gasteiger partial charge in [-0.15, -0.1) is 0 Å². The molecule has 0 aliphatic heterocycles. The average molecular weight is 301 g/mol. The number of pyridine rings is 1. The molecule has 2 heterocycles. The average Bonchev–Trinajstić information content (AvgIpc) is 2.70. The number of benzene rings is 1. The Balaban J connectivity index is 1.95. The third-order valence-electron chi connectivity index (χ3n) is 2.94. The second kappa shape index (κ2) is 4.58. The van der Waals surface area contributed by atoms with Crippen LogP contribution in [0.15, 0.2) is 53.3 Å². The van der Waals surface area contributed by atoms with Crippen molar-refractivity contribution in [2.45, 2.75) is 13.3 Å². The molecule has 0 fully saturated rings. The molecule has 0 bridgehead atoms. The standard InChI is InChI=1S/C15H13BrN2/c1-11-5-6-18-10-14(17-15(18)7-11)9-12-3-2-4-13(16)8-12/h2-8,10H,9H2,1H3. The summed E-state index contributed by atoms with van der Waals surface area (Å²) in [7, 11) is 0. The van der Waals surface area contributed by atoms with Gasteiger partial charge in [0.25, 0.3) is 0 Å². The maximum atomic E-state index is 4.65. The zero-order valence-corrected chi connectivity index (χ0v) is 11.7. The van der Waals surface area contributed by atoms with Gasteiger partial charge in [-0.1, -0.05) is 28.1 Å². The van der Waals surface area contributed by atoms with Crippen LogP contribution >= 0.6 is 15.9 Å². The van der Waals surface area contributed by atoms with E-state index in [9.17, 15) is 0 Å². The predicted octanol–water partition coefficient (Wildman–Crippen LogP) is 4.00. The number of imidazole rings is 1. The molecule has 0 saturated heterocycles. The van der Waals surface area contributed by atoms with E-state index >= 15 is 0 Å². The maximum Gasteiger partial charge on any atom is 0.137 e. The molecule has 0 saturated carbocycles. The first kappa shape index (κ1) is 11.5. The van der Waals surface area contributed by atoms with Crippen LogP contribution in [0.5, 0.6) is 0 Å². The van der Waals surface area contributed by atoms with Crippen molar-refractivity contribution in [3.05, 3.63) is 70.1 Å². The van der Waals surface area contributed by atoms with Crippen LogP contribution in [-0.4, -0.2) is 9.38 Å². The molecule has 0 spiro atoms. The number of aryl methyl sites for hydroxylation is 1. The Hall–Kier alpha value is -1.61. The van der Waals surface area contributed by atoms with Gasteiger partial charge in [0, 0.05) is 23.3 Å². The van der Waals surface area contributed by atoms with Crippen LogP contribution in [0.3, 0.4) is 0 Å². The van der Waals surface area contributed by atoms with E-state index in [4.69, 9.17) is 0 Å². The molecule has 2 aromatic heterocycles. The molecule has 0 N–H and O–H groups in total. The molecule has 3 heteroatoms. The number of hydrogen-bond acceptors (Lipinski definition) is 1. The molecule has 18 heavy (non-hydrogen) atoms. The summed E-state index contributed by atoms with van der Waals surface area (Å²) in [5.74, 6) is 0. The van der Waals surface area contributed by atoms with E-state index < -0.39 is 0 Å². The first-order valence-corrected chi connectivity index (χ1v) is 6.69. The van der Waals surface area contributed by atoms with E-state index in [1.54, 1.807) is 0 Å². The molecular formula is C15H13BrN2. The number of nitrogens with zero attached hydrogens (tertiary/aromatic N) is 2. The van der Waals surface area contributed by atoms with E-state index in [1.807, 2.05) is 6.07 Å². The SMILES string of the molecule is Cc1ccn2cc(Cc3cccc(Br)c3)nc2c1. The van der Waals surface area contributed by atoms with Gasteiger partial charge in [-0.25, -0.2) is 4.98 Å². The molecule has 0 amide bonds. The summed E-state index contributed by atoms with van der Waals surface area (Å²) >= 11 is 3.49. The van der Waals surface area contributed by atoms with Crippen molar-refractivity contribution < 1.29 is 0 Å². The van der Waals surface area contributed by atoms with Gasteiger partial charge >= 0.3 is 0 Å². The highest BCUT2D eigenvalue weighted by Gasteiger charge is 2.03. The fourth-order valence-electron chi connectivity index (χ4n) is 2.08. The molecule has 1 aromatic carbocycles. The molecule has 90 valence electrons. The molecule has 0 aliphatic rings. The Kier molecular flexibility index (Phi) is 2.92. The lowest BCUT2D eigenvalue weighted by molar-refractivity contribution is 1.11. The fraction of sp³-hybridized carbons (Fsp3) is 0.133. The summed E-state index contributed by atoms with van der Waals surface area (Å²) in [6, 6.07) is 12.5. The zero-order valence-electron chi connectivity index (χ0n) is 10.1. The largest absolute Gasteiger partial charge is 0.307 e. The van der Waals surface area contributed by atoms with Crippen LogP contribution in [-0.2, 0) is 6.42 Å². The molecule has 3 rings (SSSR count). The van der Waals surface area contributed by atoms with Crippen molar-refractivity contribution in [3.63, 3.8) is 0 Å². The summed E-state index contributed by atoms with van der Waals surface area (Å²) in [5.41, 5.74) is 4.62.